The van der Waals surface area contributed by atoms with E-state index in [9.17, 15) is 19.5 Å². The number of ether oxygens (including phenoxy) is 1. The van der Waals surface area contributed by atoms with E-state index in [0.717, 1.165) is 11.1 Å². The number of carbonyl (C=O) groups is 3. The summed E-state index contributed by atoms with van der Waals surface area (Å²) in [5.41, 5.74) is 0.350. The first-order chi connectivity index (χ1) is 16.9. The molecule has 0 aliphatic carbocycles. The topological polar surface area (TPSA) is 109 Å². The number of nitrogens with zero attached hydrogens (tertiary/aromatic N) is 2. The zero-order valence-electron chi connectivity index (χ0n) is 21.4. The number of carbonyl (C=O) groups excluding carboxylic acids is 2. The summed E-state index contributed by atoms with van der Waals surface area (Å²) in [6, 6.07) is 9.44. The van der Waals surface area contributed by atoms with E-state index in [1.54, 1.807) is 18.7 Å². The summed E-state index contributed by atoms with van der Waals surface area (Å²) in [6.07, 6.45) is 2.15. The van der Waals surface area contributed by atoms with Crippen LogP contribution in [0.1, 0.15) is 64.0 Å². The molecule has 2 heterocycles. The molecule has 9 heteroatoms. The van der Waals surface area contributed by atoms with Gasteiger partial charge in [0, 0.05) is 25.6 Å². The molecule has 1 saturated heterocycles. The zero-order chi connectivity index (χ0) is 26.7. The van der Waals surface area contributed by atoms with Gasteiger partial charge in [0.1, 0.15) is 16.6 Å². The van der Waals surface area contributed by atoms with Crippen molar-refractivity contribution in [1.82, 2.24) is 9.88 Å². The molecule has 1 fully saturated rings. The number of aromatic nitrogens is 1. The fourth-order valence-electron chi connectivity index (χ4n) is 4.68. The number of likely N-dealkylation sites (tertiary alicyclic amines) is 1. The molecule has 1 aromatic heterocycles. The number of pyridine rings is 1. The minimum absolute atomic E-state index is 0.0995. The molecular formula is C27H34ClN3O5. The molecule has 2 N–H and O–H groups in total. The summed E-state index contributed by atoms with van der Waals surface area (Å²) >= 11 is 5.99. The fourth-order valence-corrected chi connectivity index (χ4v) is 4.82. The van der Waals surface area contributed by atoms with Crippen LogP contribution in [0.3, 0.4) is 0 Å². The molecule has 2 amide bonds. The largest absolute Gasteiger partial charge is 0.494 e. The Hall–Kier alpha value is -3.13. The number of hydrogen-bond acceptors (Lipinski definition) is 5. The highest BCUT2D eigenvalue weighted by Gasteiger charge is 2.46. The van der Waals surface area contributed by atoms with Gasteiger partial charge in [0.2, 0.25) is 11.8 Å². The van der Waals surface area contributed by atoms with E-state index in [-0.39, 0.29) is 29.3 Å². The first-order valence-corrected chi connectivity index (χ1v) is 12.4. The van der Waals surface area contributed by atoms with Crippen molar-refractivity contribution in [2.45, 2.75) is 58.3 Å². The van der Waals surface area contributed by atoms with Crippen molar-refractivity contribution in [2.24, 2.45) is 5.41 Å². The van der Waals surface area contributed by atoms with Crippen LogP contribution < -0.4 is 10.1 Å². The third-order valence-corrected chi connectivity index (χ3v) is 7.18. The number of aliphatic carboxylic acids is 1. The third kappa shape index (κ3) is 5.64. The maximum atomic E-state index is 14.0. The van der Waals surface area contributed by atoms with E-state index in [2.05, 4.69) is 24.1 Å². The number of carboxylic acids is 1. The van der Waals surface area contributed by atoms with Gasteiger partial charge in [0.25, 0.3) is 0 Å². The van der Waals surface area contributed by atoms with Crippen LogP contribution in [0.4, 0.5) is 5.69 Å². The second kappa shape index (κ2) is 10.9. The minimum atomic E-state index is -1.16. The number of halogens is 1. The lowest BCUT2D eigenvalue weighted by Crippen LogP contribution is -2.52. The Kier molecular flexibility index (Phi) is 8.29. The lowest BCUT2D eigenvalue weighted by Gasteiger charge is -2.42. The van der Waals surface area contributed by atoms with Crippen LogP contribution in [0, 0.1) is 5.41 Å². The van der Waals surface area contributed by atoms with Gasteiger partial charge in [-0.05, 0) is 43.7 Å². The summed E-state index contributed by atoms with van der Waals surface area (Å²) in [5.74, 6) is -0.862. The molecule has 2 aromatic rings. The van der Waals surface area contributed by atoms with Gasteiger partial charge in [-0.1, -0.05) is 49.7 Å². The zero-order valence-corrected chi connectivity index (χ0v) is 22.2. The van der Waals surface area contributed by atoms with Gasteiger partial charge in [-0.15, -0.1) is 0 Å². The first kappa shape index (κ1) is 27.5. The van der Waals surface area contributed by atoms with Crippen LogP contribution in [-0.4, -0.2) is 53.0 Å². The fraction of sp³-hybridized carbons (Fsp3) is 0.481. The average Bonchev–Trinajstić information content (AvgIpc) is 2.84. The van der Waals surface area contributed by atoms with Crippen LogP contribution in [0.5, 0.6) is 5.75 Å². The third-order valence-electron chi connectivity index (χ3n) is 6.98. The Morgan fingerprint density at radius 3 is 2.44 bits per heavy atom. The monoisotopic (exact) mass is 515 g/mol. The highest BCUT2D eigenvalue weighted by Crippen LogP contribution is 2.41. The van der Waals surface area contributed by atoms with Crippen LogP contribution >= 0.6 is 11.6 Å². The van der Waals surface area contributed by atoms with E-state index < -0.39 is 16.8 Å². The maximum absolute atomic E-state index is 14.0. The Labute approximate surface area is 217 Å². The molecular weight excluding hydrogens is 482 g/mol. The number of rotatable bonds is 8. The number of piperidine rings is 1. The Bertz CT molecular complexity index is 1140. The van der Waals surface area contributed by atoms with Crippen molar-refractivity contribution in [1.29, 1.82) is 0 Å². The molecule has 0 atom stereocenters. The summed E-state index contributed by atoms with van der Waals surface area (Å²) in [5, 5.41) is 12.7. The molecule has 0 spiro atoms. The van der Waals surface area contributed by atoms with E-state index in [1.807, 2.05) is 24.3 Å². The summed E-state index contributed by atoms with van der Waals surface area (Å²) in [7, 11) is 1.49. The number of methoxy groups -OCH3 is 1. The molecule has 8 nitrogen and oxygen atoms in total. The number of carboxylic acid groups (broad SMARTS) is 1. The predicted octanol–water partition coefficient (Wildman–Crippen LogP) is 4.87. The van der Waals surface area contributed by atoms with Crippen molar-refractivity contribution in [3.63, 3.8) is 0 Å². The number of amides is 2. The molecule has 1 aliphatic heterocycles. The van der Waals surface area contributed by atoms with Gasteiger partial charge in [0.15, 0.2) is 0 Å². The highest BCUT2D eigenvalue weighted by atomic mass is 35.5. The highest BCUT2D eigenvalue weighted by molar-refractivity contribution is 6.29. The molecule has 0 saturated carbocycles. The normalized spacial score (nSPS) is 15.5. The lowest BCUT2D eigenvalue weighted by molar-refractivity contribution is -0.152. The Morgan fingerprint density at radius 1 is 1.22 bits per heavy atom. The van der Waals surface area contributed by atoms with Crippen LogP contribution in [0.2, 0.25) is 5.15 Å². The molecule has 1 aliphatic rings. The number of nitrogens with one attached hydrogen (secondary N) is 1. The number of benzene rings is 1. The van der Waals surface area contributed by atoms with Crippen LogP contribution in [0.15, 0.2) is 36.5 Å². The summed E-state index contributed by atoms with van der Waals surface area (Å²) < 4.78 is 5.39. The second-order valence-corrected chi connectivity index (χ2v) is 10.6. The molecule has 1 aromatic carbocycles. The van der Waals surface area contributed by atoms with Gasteiger partial charge in [-0.3, -0.25) is 14.4 Å². The average molecular weight is 516 g/mol. The molecule has 0 unspecified atom stereocenters. The molecule has 36 heavy (non-hydrogen) atoms. The molecule has 194 valence electrons. The van der Waals surface area contributed by atoms with Crippen molar-refractivity contribution in [2.75, 3.05) is 25.5 Å². The number of anilines is 1. The molecule has 3 rings (SSSR count). The Morgan fingerprint density at radius 2 is 1.86 bits per heavy atom. The maximum Gasteiger partial charge on any atom is 0.309 e. The number of hydrogen-bond donors (Lipinski definition) is 2. The van der Waals surface area contributed by atoms with E-state index >= 15 is 0 Å². The van der Waals surface area contributed by atoms with Crippen molar-refractivity contribution in [3.8, 4) is 5.75 Å². The van der Waals surface area contributed by atoms with Gasteiger partial charge in [-0.25, -0.2) is 4.98 Å². The van der Waals surface area contributed by atoms with E-state index in [4.69, 9.17) is 16.3 Å². The van der Waals surface area contributed by atoms with Crippen molar-refractivity contribution >= 4 is 35.1 Å². The van der Waals surface area contributed by atoms with Crippen molar-refractivity contribution < 1.29 is 24.2 Å². The van der Waals surface area contributed by atoms with Gasteiger partial charge in [-0.2, -0.15) is 0 Å². The first-order valence-electron chi connectivity index (χ1n) is 12.0. The second-order valence-electron chi connectivity index (χ2n) is 10.2. The van der Waals surface area contributed by atoms with E-state index in [1.165, 1.54) is 19.4 Å². The van der Waals surface area contributed by atoms with E-state index in [0.29, 0.717) is 37.4 Å². The van der Waals surface area contributed by atoms with Crippen LogP contribution in [-0.2, 0) is 19.8 Å². The lowest BCUT2D eigenvalue weighted by atomic mass is 9.69. The predicted molar refractivity (Wildman–Crippen MR) is 138 cm³/mol. The summed E-state index contributed by atoms with van der Waals surface area (Å²) in [4.78, 5) is 44.2. The van der Waals surface area contributed by atoms with Gasteiger partial charge < -0.3 is 20.1 Å². The molecule has 0 radical (unpaired) electrons. The standard InChI is InChI=1S/C27H34ClN3O5/c1-17(2)18-8-6-7-9-19(18)27(24(33)30-20-16-29-22(28)14-21(20)36-5)10-12-31(13-11-27)23(32)15-26(3,4)25(34)35/h6-9,14,16-17H,10-13,15H2,1-5H3,(H,30,33)(H,34,35). The summed E-state index contributed by atoms with van der Waals surface area (Å²) in [6.45, 7) is 7.93. The van der Waals surface area contributed by atoms with Gasteiger partial charge >= 0.3 is 5.97 Å². The van der Waals surface area contributed by atoms with Crippen molar-refractivity contribution in [3.05, 3.63) is 52.8 Å². The Balaban J connectivity index is 1.95. The minimum Gasteiger partial charge on any atom is -0.494 e. The molecule has 0 bridgehead atoms. The van der Waals surface area contributed by atoms with Gasteiger partial charge in [0.05, 0.1) is 24.1 Å². The van der Waals surface area contributed by atoms with Crippen LogP contribution in [0.25, 0.3) is 0 Å². The quantitative estimate of drug-likeness (QED) is 0.486. The smallest absolute Gasteiger partial charge is 0.309 e. The SMILES string of the molecule is COc1cc(Cl)ncc1NC(=O)C1(c2ccccc2C(C)C)CCN(C(=O)CC(C)(C)C(=O)O)CC1.